The number of ether oxygens (including phenoxy) is 2. The summed E-state index contributed by atoms with van der Waals surface area (Å²) >= 11 is 0. The number of ketones is 2. The number of anilines is 1. The Morgan fingerprint density at radius 3 is 2.16 bits per heavy atom. The molecule has 10 nitrogen and oxygen atoms in total. The summed E-state index contributed by atoms with van der Waals surface area (Å²) in [6, 6.07) is 5.11. The number of benzene rings is 1. The van der Waals surface area contributed by atoms with Crippen LogP contribution in [0.25, 0.3) is 0 Å². The summed E-state index contributed by atoms with van der Waals surface area (Å²) in [5, 5.41) is 14.1. The van der Waals surface area contributed by atoms with Gasteiger partial charge in [0.2, 0.25) is 5.91 Å². The highest BCUT2D eigenvalue weighted by Crippen LogP contribution is 2.21. The molecule has 0 bridgehead atoms. The van der Waals surface area contributed by atoms with Crippen LogP contribution in [-0.4, -0.2) is 74.9 Å². The number of amides is 1. The molecule has 1 aromatic carbocycles. The quantitative estimate of drug-likeness (QED) is 0.150. The fraction of sp³-hybridized carbons (Fsp3) is 0.593. The predicted molar refractivity (Wildman–Crippen MR) is 141 cm³/mol. The maximum absolute atomic E-state index is 11.8. The zero-order valence-corrected chi connectivity index (χ0v) is 22.6. The van der Waals surface area contributed by atoms with Gasteiger partial charge in [-0.1, -0.05) is 32.4 Å². The fourth-order valence-electron chi connectivity index (χ4n) is 3.32. The summed E-state index contributed by atoms with van der Waals surface area (Å²) in [5.74, 6) is -0.802. The molecule has 3 N–H and O–H groups in total. The first-order valence-electron chi connectivity index (χ1n) is 12.5. The molecule has 37 heavy (non-hydrogen) atoms. The molecule has 1 rings (SSSR count). The molecule has 0 saturated heterocycles. The number of carbonyl (C=O) groups excluding carboxylic acids is 4. The standard InChI is InChI=1S/C17H23NO6.C10H19NO2/c1-12(19)14-4-3-5-15(17(14)13(2)20)18-7-9-24-11-10-23-8-6-16(21)22;1-4-8(2)9(7-12)5-6-10(13)11-3/h3-5,18H,6-11H2,1-2H3,(H,21,22);7-9H,4-6H2,1-3H3,(H,11,13). The Labute approximate surface area is 219 Å². The topological polar surface area (TPSA) is 148 Å². The van der Waals surface area contributed by atoms with Gasteiger partial charge in [0.05, 0.1) is 38.4 Å². The Balaban J connectivity index is 0.000000845. The highest BCUT2D eigenvalue weighted by Gasteiger charge is 2.16. The maximum Gasteiger partial charge on any atom is 0.305 e. The molecule has 208 valence electrons. The zero-order chi connectivity index (χ0) is 28.2. The van der Waals surface area contributed by atoms with E-state index in [-0.39, 0.29) is 36.4 Å². The van der Waals surface area contributed by atoms with E-state index in [1.807, 2.05) is 6.92 Å². The van der Waals surface area contributed by atoms with Crippen molar-refractivity contribution in [1.82, 2.24) is 5.32 Å². The van der Waals surface area contributed by atoms with Crippen molar-refractivity contribution in [3.63, 3.8) is 0 Å². The zero-order valence-electron chi connectivity index (χ0n) is 22.6. The van der Waals surface area contributed by atoms with Gasteiger partial charge < -0.3 is 30.0 Å². The molecule has 0 spiro atoms. The van der Waals surface area contributed by atoms with Crippen molar-refractivity contribution in [2.45, 2.75) is 53.4 Å². The Kier molecular flexibility index (Phi) is 18.3. The first-order chi connectivity index (χ1) is 17.6. The molecular weight excluding hydrogens is 480 g/mol. The molecule has 2 atom stereocenters. The molecule has 0 heterocycles. The van der Waals surface area contributed by atoms with Gasteiger partial charge in [0.15, 0.2) is 11.6 Å². The summed E-state index contributed by atoms with van der Waals surface area (Å²) in [5.41, 5.74) is 1.40. The number of aliphatic carboxylic acids is 1. The third kappa shape index (κ3) is 14.9. The van der Waals surface area contributed by atoms with Crippen LogP contribution in [0.5, 0.6) is 0 Å². The summed E-state index contributed by atoms with van der Waals surface area (Å²) in [4.78, 5) is 55.3. The Bertz CT molecular complexity index is 872. The Morgan fingerprint density at radius 1 is 1.00 bits per heavy atom. The van der Waals surface area contributed by atoms with Crippen molar-refractivity contribution in [2.75, 3.05) is 45.3 Å². The third-order valence-corrected chi connectivity index (χ3v) is 5.72. The molecule has 0 aliphatic heterocycles. The summed E-state index contributed by atoms with van der Waals surface area (Å²) in [6.45, 7) is 8.67. The van der Waals surface area contributed by atoms with Crippen molar-refractivity contribution in [1.29, 1.82) is 0 Å². The molecule has 0 fully saturated rings. The molecule has 0 aliphatic carbocycles. The molecule has 2 unspecified atom stereocenters. The largest absolute Gasteiger partial charge is 0.481 e. The first kappa shape index (κ1) is 33.9. The van der Waals surface area contributed by atoms with Crippen LogP contribution in [0.4, 0.5) is 5.69 Å². The van der Waals surface area contributed by atoms with Gasteiger partial charge in [-0.15, -0.1) is 0 Å². The molecule has 1 aromatic rings. The molecule has 0 radical (unpaired) electrons. The lowest BCUT2D eigenvalue weighted by atomic mass is 9.89. The summed E-state index contributed by atoms with van der Waals surface area (Å²) < 4.78 is 10.4. The van der Waals surface area contributed by atoms with Gasteiger partial charge in [-0.3, -0.25) is 19.2 Å². The van der Waals surface area contributed by atoms with Crippen molar-refractivity contribution < 1.29 is 38.6 Å². The number of Topliss-reactive ketones (excluding diaryl/α,β-unsaturated/α-hetero) is 2. The lowest BCUT2D eigenvalue weighted by Gasteiger charge is -2.15. The second kappa shape index (κ2) is 20.0. The Hall–Kier alpha value is -3.11. The van der Waals surface area contributed by atoms with Crippen LogP contribution in [-0.2, 0) is 23.9 Å². The first-order valence-corrected chi connectivity index (χ1v) is 12.5. The van der Waals surface area contributed by atoms with E-state index in [1.165, 1.54) is 13.8 Å². The van der Waals surface area contributed by atoms with E-state index in [9.17, 15) is 24.0 Å². The summed E-state index contributed by atoms with van der Waals surface area (Å²) in [7, 11) is 1.61. The van der Waals surface area contributed by atoms with Crippen LogP contribution in [0.2, 0.25) is 0 Å². The SMILES string of the molecule is CC(=O)c1cccc(NCCOCCOCCC(=O)O)c1C(C)=O.CCC(C)C(C=O)CCC(=O)NC. The third-order valence-electron chi connectivity index (χ3n) is 5.72. The number of hydrogen-bond donors (Lipinski definition) is 3. The monoisotopic (exact) mass is 522 g/mol. The highest BCUT2D eigenvalue weighted by molar-refractivity contribution is 6.10. The van der Waals surface area contributed by atoms with Crippen LogP contribution in [0.1, 0.15) is 74.1 Å². The lowest BCUT2D eigenvalue weighted by Crippen LogP contribution is -2.21. The average molecular weight is 523 g/mol. The van der Waals surface area contributed by atoms with Crippen LogP contribution in [0.3, 0.4) is 0 Å². The minimum atomic E-state index is -0.894. The van der Waals surface area contributed by atoms with Crippen molar-refractivity contribution >= 4 is 35.4 Å². The van der Waals surface area contributed by atoms with Crippen LogP contribution in [0.15, 0.2) is 18.2 Å². The van der Waals surface area contributed by atoms with Gasteiger partial charge >= 0.3 is 5.97 Å². The van der Waals surface area contributed by atoms with E-state index in [0.717, 1.165) is 12.7 Å². The second-order valence-electron chi connectivity index (χ2n) is 8.53. The van der Waals surface area contributed by atoms with Crippen LogP contribution < -0.4 is 10.6 Å². The number of carbonyl (C=O) groups is 5. The van der Waals surface area contributed by atoms with Crippen LogP contribution in [0, 0.1) is 11.8 Å². The Morgan fingerprint density at radius 2 is 1.65 bits per heavy atom. The molecular formula is C27H42N2O8. The van der Waals surface area contributed by atoms with Crippen molar-refractivity contribution in [3.8, 4) is 0 Å². The lowest BCUT2D eigenvalue weighted by molar-refractivity contribution is -0.138. The van der Waals surface area contributed by atoms with E-state index in [0.29, 0.717) is 61.9 Å². The minimum absolute atomic E-state index is 0.00940. The number of rotatable bonds is 18. The van der Waals surface area contributed by atoms with Gasteiger partial charge in [-0.05, 0) is 32.3 Å². The van der Waals surface area contributed by atoms with Gasteiger partial charge in [0.1, 0.15) is 6.29 Å². The molecule has 0 aromatic heterocycles. The fourth-order valence-corrected chi connectivity index (χ4v) is 3.32. The van der Waals surface area contributed by atoms with E-state index in [2.05, 4.69) is 17.6 Å². The van der Waals surface area contributed by atoms with Crippen molar-refractivity contribution in [3.05, 3.63) is 29.3 Å². The molecule has 0 saturated carbocycles. The molecule has 10 heteroatoms. The van der Waals surface area contributed by atoms with Gasteiger partial charge in [-0.2, -0.15) is 0 Å². The number of nitrogens with one attached hydrogen (secondary N) is 2. The van der Waals surface area contributed by atoms with E-state index in [4.69, 9.17) is 14.6 Å². The number of aldehydes is 1. The van der Waals surface area contributed by atoms with Crippen LogP contribution >= 0.6 is 0 Å². The highest BCUT2D eigenvalue weighted by atomic mass is 16.5. The smallest absolute Gasteiger partial charge is 0.305 e. The van der Waals surface area contributed by atoms with Gasteiger partial charge in [0.25, 0.3) is 0 Å². The van der Waals surface area contributed by atoms with Gasteiger partial charge in [0, 0.05) is 37.2 Å². The summed E-state index contributed by atoms with van der Waals surface area (Å²) in [6.07, 6.45) is 3.04. The predicted octanol–water partition coefficient (Wildman–Crippen LogP) is 3.39. The number of carboxylic acids is 1. The normalized spacial score (nSPS) is 11.9. The minimum Gasteiger partial charge on any atom is -0.481 e. The number of hydrogen-bond acceptors (Lipinski definition) is 8. The number of carboxylic acid groups (broad SMARTS) is 1. The average Bonchev–Trinajstić information content (AvgIpc) is 2.87. The molecule has 0 aliphatic rings. The second-order valence-corrected chi connectivity index (χ2v) is 8.53. The van der Waals surface area contributed by atoms with Crippen molar-refractivity contribution in [2.24, 2.45) is 11.8 Å². The molecule has 1 amide bonds. The van der Waals surface area contributed by atoms with E-state index >= 15 is 0 Å². The maximum atomic E-state index is 11.8. The van der Waals surface area contributed by atoms with Gasteiger partial charge in [-0.25, -0.2) is 0 Å². The van der Waals surface area contributed by atoms with E-state index in [1.54, 1.807) is 25.2 Å². The van der Waals surface area contributed by atoms with E-state index < -0.39 is 5.97 Å².